The Balaban J connectivity index is 2.05. The van der Waals surface area contributed by atoms with Gasteiger partial charge in [0.15, 0.2) is 5.76 Å². The van der Waals surface area contributed by atoms with Crippen LogP contribution in [0.3, 0.4) is 0 Å². The van der Waals surface area contributed by atoms with Crippen LogP contribution in [0.2, 0.25) is 0 Å². The van der Waals surface area contributed by atoms with Gasteiger partial charge in [0.2, 0.25) is 11.2 Å². The van der Waals surface area contributed by atoms with E-state index in [0.717, 1.165) is 18.4 Å². The molecule has 150 valence electrons. The van der Waals surface area contributed by atoms with Gasteiger partial charge in [-0.1, -0.05) is 50.3 Å². The summed E-state index contributed by atoms with van der Waals surface area (Å²) in [7, 11) is 0. The van der Waals surface area contributed by atoms with Crippen LogP contribution in [0.25, 0.3) is 23.1 Å². The average Bonchev–Trinajstić information content (AvgIpc) is 2.76. The van der Waals surface area contributed by atoms with Gasteiger partial charge >= 0.3 is 5.97 Å². The summed E-state index contributed by atoms with van der Waals surface area (Å²) in [5, 5.41) is 0.291. The number of carbonyl (C=O) groups excluding carboxylic acids is 1. The Morgan fingerprint density at radius 3 is 2.48 bits per heavy atom. The monoisotopic (exact) mass is 392 g/mol. The lowest BCUT2D eigenvalue weighted by Crippen LogP contribution is -2.12. The minimum Gasteiger partial charge on any atom is -0.486 e. The summed E-state index contributed by atoms with van der Waals surface area (Å²) in [4.78, 5) is 25.2. The van der Waals surface area contributed by atoms with Gasteiger partial charge in [0.05, 0.1) is 24.2 Å². The summed E-state index contributed by atoms with van der Waals surface area (Å²) < 4.78 is 16.8. The van der Waals surface area contributed by atoms with Gasteiger partial charge in [-0.25, -0.2) is 4.79 Å². The predicted molar refractivity (Wildman–Crippen MR) is 114 cm³/mol. The van der Waals surface area contributed by atoms with E-state index in [9.17, 15) is 9.59 Å². The SMILES string of the molecule is CCCOC(=O)c1ccc2oc(/C=C/c3ccccc3)c(OCCC)c(=O)c2c1. The molecule has 0 aliphatic rings. The molecule has 0 saturated carbocycles. The largest absolute Gasteiger partial charge is 0.486 e. The summed E-state index contributed by atoms with van der Waals surface area (Å²) in [6.07, 6.45) is 5.07. The van der Waals surface area contributed by atoms with Crippen molar-refractivity contribution >= 4 is 29.1 Å². The number of hydrogen-bond acceptors (Lipinski definition) is 5. The predicted octanol–water partition coefficient (Wildman–Crippen LogP) is 5.32. The lowest BCUT2D eigenvalue weighted by Gasteiger charge is -2.09. The van der Waals surface area contributed by atoms with Gasteiger partial charge in [0, 0.05) is 0 Å². The Kier molecular flexibility index (Phi) is 6.85. The number of carbonyl (C=O) groups is 1. The van der Waals surface area contributed by atoms with E-state index >= 15 is 0 Å². The second kappa shape index (κ2) is 9.73. The molecule has 0 saturated heterocycles. The molecule has 5 nitrogen and oxygen atoms in total. The molecule has 1 heterocycles. The van der Waals surface area contributed by atoms with Crippen LogP contribution in [0.15, 0.2) is 57.7 Å². The molecule has 0 aliphatic heterocycles. The van der Waals surface area contributed by atoms with Gasteiger partial charge in [-0.2, -0.15) is 0 Å². The summed E-state index contributed by atoms with van der Waals surface area (Å²) in [5.41, 5.74) is 1.37. The molecule has 0 radical (unpaired) electrons. The standard InChI is InChI=1S/C24H24O5/c1-3-14-27-23-21(12-10-17-8-6-5-7-9-17)29-20-13-11-18(16-19(20)22(23)25)24(26)28-15-4-2/h5-13,16H,3-4,14-15H2,1-2H3/b12-10+. The second-order valence-electron chi connectivity index (χ2n) is 6.56. The van der Waals surface area contributed by atoms with Gasteiger partial charge in [-0.15, -0.1) is 0 Å². The molecule has 1 aromatic heterocycles. The third-order valence-corrected chi connectivity index (χ3v) is 4.22. The summed E-state index contributed by atoms with van der Waals surface area (Å²) >= 11 is 0. The van der Waals surface area contributed by atoms with Crippen molar-refractivity contribution in [2.45, 2.75) is 26.7 Å². The fourth-order valence-electron chi connectivity index (χ4n) is 2.79. The summed E-state index contributed by atoms with van der Waals surface area (Å²) in [5.74, 6) is 0.0314. The van der Waals surface area contributed by atoms with E-state index < -0.39 is 5.97 Å². The van der Waals surface area contributed by atoms with E-state index in [4.69, 9.17) is 13.9 Å². The maximum atomic E-state index is 13.1. The number of esters is 1. The minimum atomic E-state index is -0.461. The van der Waals surface area contributed by atoms with E-state index in [0.29, 0.717) is 35.5 Å². The van der Waals surface area contributed by atoms with Crippen molar-refractivity contribution in [3.63, 3.8) is 0 Å². The lowest BCUT2D eigenvalue weighted by atomic mass is 10.1. The number of hydrogen-bond donors (Lipinski definition) is 0. The fraction of sp³-hybridized carbons (Fsp3) is 0.250. The first-order valence-corrected chi connectivity index (χ1v) is 9.78. The summed E-state index contributed by atoms with van der Waals surface area (Å²) in [6, 6.07) is 14.4. The molecule has 0 amide bonds. The van der Waals surface area contributed by atoms with Crippen LogP contribution in [0.1, 0.15) is 48.4 Å². The molecule has 0 N–H and O–H groups in total. The number of ether oxygens (including phenoxy) is 2. The van der Waals surface area contributed by atoms with Crippen molar-refractivity contribution in [1.29, 1.82) is 0 Å². The number of benzene rings is 2. The fourth-order valence-corrected chi connectivity index (χ4v) is 2.79. The highest BCUT2D eigenvalue weighted by Gasteiger charge is 2.16. The van der Waals surface area contributed by atoms with E-state index in [1.807, 2.05) is 50.3 Å². The van der Waals surface area contributed by atoms with Crippen LogP contribution >= 0.6 is 0 Å². The van der Waals surface area contributed by atoms with E-state index in [-0.39, 0.29) is 11.2 Å². The first-order chi connectivity index (χ1) is 14.1. The average molecular weight is 392 g/mol. The molecule has 0 bridgehead atoms. The van der Waals surface area contributed by atoms with Crippen LogP contribution in [-0.4, -0.2) is 19.2 Å². The third-order valence-electron chi connectivity index (χ3n) is 4.22. The summed E-state index contributed by atoms with van der Waals surface area (Å²) in [6.45, 7) is 4.61. The molecule has 0 aliphatic carbocycles. The van der Waals surface area contributed by atoms with Gasteiger partial charge < -0.3 is 13.9 Å². The minimum absolute atomic E-state index is 0.144. The second-order valence-corrected chi connectivity index (χ2v) is 6.56. The van der Waals surface area contributed by atoms with Gasteiger partial charge in [-0.3, -0.25) is 4.79 Å². The van der Waals surface area contributed by atoms with Crippen LogP contribution in [0, 0.1) is 0 Å². The highest BCUT2D eigenvalue weighted by atomic mass is 16.5. The maximum Gasteiger partial charge on any atom is 0.338 e. The molecular formula is C24H24O5. The molecule has 0 atom stereocenters. The van der Waals surface area contributed by atoms with Crippen molar-refractivity contribution in [3.05, 3.63) is 75.6 Å². The molecule has 0 spiro atoms. The molecule has 3 rings (SSSR count). The molecular weight excluding hydrogens is 368 g/mol. The van der Waals surface area contributed by atoms with Gasteiger partial charge in [-0.05, 0) is 42.7 Å². The third kappa shape index (κ3) is 4.93. The van der Waals surface area contributed by atoms with Crippen LogP contribution in [0.4, 0.5) is 0 Å². The number of fused-ring (bicyclic) bond motifs is 1. The zero-order valence-corrected chi connectivity index (χ0v) is 16.6. The lowest BCUT2D eigenvalue weighted by molar-refractivity contribution is 0.0505. The Labute approximate surface area is 169 Å². The zero-order valence-electron chi connectivity index (χ0n) is 16.6. The molecule has 0 fully saturated rings. The molecule has 29 heavy (non-hydrogen) atoms. The molecule has 5 heteroatoms. The van der Waals surface area contributed by atoms with Crippen LogP contribution in [-0.2, 0) is 4.74 Å². The van der Waals surface area contributed by atoms with Gasteiger partial charge in [0.25, 0.3) is 0 Å². The molecule has 2 aromatic carbocycles. The Morgan fingerprint density at radius 1 is 1.00 bits per heavy atom. The number of rotatable bonds is 8. The van der Waals surface area contributed by atoms with E-state index in [1.165, 1.54) is 6.07 Å². The van der Waals surface area contributed by atoms with Crippen molar-refractivity contribution in [3.8, 4) is 5.75 Å². The van der Waals surface area contributed by atoms with Crippen LogP contribution in [0.5, 0.6) is 5.75 Å². The molecule has 3 aromatic rings. The van der Waals surface area contributed by atoms with E-state index in [1.54, 1.807) is 18.2 Å². The smallest absolute Gasteiger partial charge is 0.338 e. The highest BCUT2D eigenvalue weighted by Crippen LogP contribution is 2.24. The van der Waals surface area contributed by atoms with Crippen molar-refractivity contribution in [2.75, 3.05) is 13.2 Å². The highest BCUT2D eigenvalue weighted by molar-refractivity contribution is 5.94. The first kappa shape index (κ1) is 20.4. The van der Waals surface area contributed by atoms with Crippen molar-refractivity contribution in [2.24, 2.45) is 0 Å². The first-order valence-electron chi connectivity index (χ1n) is 9.78. The Bertz CT molecular complexity index is 1060. The normalized spacial score (nSPS) is 11.1. The topological polar surface area (TPSA) is 65.7 Å². The van der Waals surface area contributed by atoms with Crippen LogP contribution < -0.4 is 10.2 Å². The maximum absolute atomic E-state index is 13.1. The van der Waals surface area contributed by atoms with Gasteiger partial charge in [0.1, 0.15) is 5.58 Å². The Hall–Kier alpha value is -3.34. The quantitative estimate of drug-likeness (QED) is 0.486. The van der Waals surface area contributed by atoms with E-state index in [2.05, 4.69) is 0 Å². The Morgan fingerprint density at radius 2 is 1.76 bits per heavy atom. The van der Waals surface area contributed by atoms with Crippen molar-refractivity contribution in [1.82, 2.24) is 0 Å². The zero-order chi connectivity index (χ0) is 20.6. The van der Waals surface area contributed by atoms with Crippen molar-refractivity contribution < 1.29 is 18.7 Å². The molecule has 0 unspecified atom stereocenters.